The van der Waals surface area contributed by atoms with Crippen molar-refractivity contribution in [1.82, 2.24) is 5.43 Å². The van der Waals surface area contributed by atoms with Crippen molar-refractivity contribution in [3.63, 3.8) is 0 Å². The first-order valence-electron chi connectivity index (χ1n) is 5.56. The van der Waals surface area contributed by atoms with Gasteiger partial charge < -0.3 is 9.32 Å². The number of rotatable bonds is 4. The molecular formula is C13H15N3O2. The van der Waals surface area contributed by atoms with Gasteiger partial charge in [0.1, 0.15) is 5.76 Å². The van der Waals surface area contributed by atoms with Crippen LogP contribution in [-0.4, -0.2) is 13.0 Å². The van der Waals surface area contributed by atoms with Gasteiger partial charge in [0.05, 0.1) is 6.54 Å². The summed E-state index contributed by atoms with van der Waals surface area (Å²) < 4.78 is 5.39. The van der Waals surface area contributed by atoms with Crippen LogP contribution in [0.3, 0.4) is 0 Å². The lowest BCUT2D eigenvalue weighted by Crippen LogP contribution is -2.29. The Labute approximate surface area is 105 Å². The molecule has 1 amide bonds. The van der Waals surface area contributed by atoms with Gasteiger partial charge in [-0.15, -0.1) is 0 Å². The summed E-state index contributed by atoms with van der Waals surface area (Å²) in [5, 5.41) is 0. The molecule has 0 atom stereocenters. The van der Waals surface area contributed by atoms with Gasteiger partial charge in [0.25, 0.3) is 0 Å². The van der Waals surface area contributed by atoms with Crippen LogP contribution in [0.15, 0.2) is 46.9 Å². The van der Waals surface area contributed by atoms with E-state index in [1.54, 1.807) is 12.1 Å². The maximum atomic E-state index is 11.2. The highest BCUT2D eigenvalue weighted by molar-refractivity contribution is 5.90. The minimum Gasteiger partial charge on any atom is -0.454 e. The maximum Gasteiger partial charge on any atom is 0.300 e. The van der Waals surface area contributed by atoms with Gasteiger partial charge in [0.2, 0.25) is 0 Å². The SMILES string of the molecule is CN(Cc1ccc(C(=O)NN)o1)c1ccccc1. The number of nitrogens with one attached hydrogen (secondary N) is 1. The molecule has 1 aromatic carbocycles. The Morgan fingerprint density at radius 1 is 1.28 bits per heavy atom. The molecular weight excluding hydrogens is 230 g/mol. The van der Waals surface area contributed by atoms with E-state index in [2.05, 4.69) is 0 Å². The molecule has 5 nitrogen and oxygen atoms in total. The van der Waals surface area contributed by atoms with Crippen LogP contribution in [0.2, 0.25) is 0 Å². The predicted octanol–water partition coefficient (Wildman–Crippen LogP) is 1.52. The highest BCUT2D eigenvalue weighted by atomic mass is 16.4. The van der Waals surface area contributed by atoms with Gasteiger partial charge in [-0.05, 0) is 24.3 Å². The molecule has 3 N–H and O–H groups in total. The van der Waals surface area contributed by atoms with Crippen LogP contribution in [0, 0.1) is 0 Å². The van der Waals surface area contributed by atoms with E-state index in [0.717, 1.165) is 5.69 Å². The number of carbonyl (C=O) groups is 1. The molecule has 5 heteroatoms. The molecule has 1 heterocycles. The first-order chi connectivity index (χ1) is 8.70. The van der Waals surface area contributed by atoms with Gasteiger partial charge in [-0.3, -0.25) is 10.2 Å². The Kier molecular flexibility index (Phi) is 3.64. The Morgan fingerprint density at radius 3 is 2.67 bits per heavy atom. The van der Waals surface area contributed by atoms with Gasteiger partial charge >= 0.3 is 5.91 Å². The zero-order chi connectivity index (χ0) is 13.0. The molecule has 2 rings (SSSR count). The van der Waals surface area contributed by atoms with Crippen LogP contribution in [0.5, 0.6) is 0 Å². The molecule has 2 aromatic rings. The number of hydrogen-bond acceptors (Lipinski definition) is 4. The van der Waals surface area contributed by atoms with E-state index in [9.17, 15) is 4.79 Å². The van der Waals surface area contributed by atoms with Crippen molar-refractivity contribution in [1.29, 1.82) is 0 Å². The molecule has 0 aliphatic carbocycles. The Hall–Kier alpha value is -2.27. The van der Waals surface area contributed by atoms with Crippen molar-refractivity contribution < 1.29 is 9.21 Å². The number of benzene rings is 1. The number of nitrogens with two attached hydrogens (primary N) is 1. The summed E-state index contributed by atoms with van der Waals surface area (Å²) in [6.07, 6.45) is 0. The van der Waals surface area contributed by atoms with Crippen molar-refractivity contribution in [2.24, 2.45) is 5.84 Å². The summed E-state index contributed by atoms with van der Waals surface area (Å²) in [6.45, 7) is 0.585. The van der Waals surface area contributed by atoms with Gasteiger partial charge in [-0.25, -0.2) is 5.84 Å². The monoisotopic (exact) mass is 245 g/mol. The molecule has 0 saturated carbocycles. The second kappa shape index (κ2) is 5.37. The molecule has 0 bridgehead atoms. The van der Waals surface area contributed by atoms with Crippen LogP contribution in [-0.2, 0) is 6.54 Å². The van der Waals surface area contributed by atoms with Gasteiger partial charge in [-0.1, -0.05) is 18.2 Å². The zero-order valence-electron chi connectivity index (χ0n) is 10.1. The normalized spacial score (nSPS) is 10.1. The summed E-state index contributed by atoms with van der Waals surface area (Å²) in [4.78, 5) is 13.3. The van der Waals surface area contributed by atoms with Gasteiger partial charge in [-0.2, -0.15) is 0 Å². The molecule has 0 aliphatic rings. The summed E-state index contributed by atoms with van der Waals surface area (Å²) >= 11 is 0. The fourth-order valence-electron chi connectivity index (χ4n) is 1.66. The number of hydrogen-bond donors (Lipinski definition) is 2. The number of carbonyl (C=O) groups excluding carboxylic acids is 1. The minimum atomic E-state index is -0.427. The third-order valence-electron chi connectivity index (χ3n) is 2.61. The van der Waals surface area contributed by atoms with Crippen LogP contribution >= 0.6 is 0 Å². The zero-order valence-corrected chi connectivity index (χ0v) is 10.1. The van der Waals surface area contributed by atoms with E-state index < -0.39 is 5.91 Å². The van der Waals surface area contributed by atoms with E-state index in [4.69, 9.17) is 10.3 Å². The third kappa shape index (κ3) is 2.70. The van der Waals surface area contributed by atoms with Gasteiger partial charge in [0.15, 0.2) is 5.76 Å². The van der Waals surface area contributed by atoms with Crippen LogP contribution < -0.4 is 16.2 Å². The quantitative estimate of drug-likeness (QED) is 0.486. The smallest absolute Gasteiger partial charge is 0.300 e. The van der Waals surface area contributed by atoms with Crippen LogP contribution in [0.25, 0.3) is 0 Å². The molecule has 0 unspecified atom stereocenters. The highest BCUT2D eigenvalue weighted by Crippen LogP contribution is 2.16. The fourth-order valence-corrected chi connectivity index (χ4v) is 1.66. The molecule has 18 heavy (non-hydrogen) atoms. The number of para-hydroxylation sites is 1. The Balaban J connectivity index is 2.06. The van der Waals surface area contributed by atoms with E-state index in [-0.39, 0.29) is 5.76 Å². The molecule has 94 valence electrons. The van der Waals surface area contributed by atoms with E-state index in [1.165, 1.54) is 0 Å². The molecule has 1 aromatic heterocycles. The fraction of sp³-hybridized carbons (Fsp3) is 0.154. The Bertz CT molecular complexity index is 522. The molecule has 0 fully saturated rings. The lowest BCUT2D eigenvalue weighted by Gasteiger charge is -2.17. The van der Waals surface area contributed by atoms with Crippen LogP contribution in [0.1, 0.15) is 16.3 Å². The molecule has 0 saturated heterocycles. The summed E-state index contributed by atoms with van der Waals surface area (Å²) in [5.74, 6) is 5.53. The average Bonchev–Trinajstić information content (AvgIpc) is 2.87. The number of furan rings is 1. The van der Waals surface area contributed by atoms with Crippen molar-refractivity contribution in [3.8, 4) is 0 Å². The Morgan fingerprint density at radius 2 is 2.00 bits per heavy atom. The molecule has 0 spiro atoms. The molecule has 0 aliphatic heterocycles. The van der Waals surface area contributed by atoms with E-state index in [1.807, 2.05) is 47.7 Å². The summed E-state index contributed by atoms with van der Waals surface area (Å²) in [7, 11) is 1.96. The van der Waals surface area contributed by atoms with Crippen LogP contribution in [0.4, 0.5) is 5.69 Å². The van der Waals surface area contributed by atoms with Gasteiger partial charge in [0, 0.05) is 12.7 Å². The van der Waals surface area contributed by atoms with Crippen molar-refractivity contribution in [2.45, 2.75) is 6.54 Å². The number of anilines is 1. The first-order valence-corrected chi connectivity index (χ1v) is 5.56. The summed E-state index contributed by atoms with van der Waals surface area (Å²) in [5.41, 5.74) is 3.12. The van der Waals surface area contributed by atoms with E-state index >= 15 is 0 Å². The molecule has 0 radical (unpaired) electrons. The number of amides is 1. The highest BCUT2D eigenvalue weighted by Gasteiger charge is 2.10. The number of nitrogens with zero attached hydrogens (tertiary/aromatic N) is 1. The second-order valence-electron chi connectivity index (χ2n) is 3.93. The standard InChI is InChI=1S/C13H15N3O2/c1-16(10-5-3-2-4-6-10)9-11-7-8-12(18-11)13(17)15-14/h2-8H,9,14H2,1H3,(H,15,17). The largest absolute Gasteiger partial charge is 0.454 e. The third-order valence-corrected chi connectivity index (χ3v) is 2.61. The van der Waals surface area contributed by atoms with E-state index in [0.29, 0.717) is 12.3 Å². The van der Waals surface area contributed by atoms with Crippen molar-refractivity contribution in [2.75, 3.05) is 11.9 Å². The number of hydrazine groups is 1. The summed E-state index contributed by atoms with van der Waals surface area (Å²) in [6, 6.07) is 13.3. The first kappa shape index (κ1) is 12.2. The maximum absolute atomic E-state index is 11.2. The minimum absolute atomic E-state index is 0.217. The topological polar surface area (TPSA) is 71.5 Å². The predicted molar refractivity (Wildman–Crippen MR) is 68.9 cm³/mol. The average molecular weight is 245 g/mol. The van der Waals surface area contributed by atoms with Crippen molar-refractivity contribution in [3.05, 3.63) is 54.0 Å². The lowest BCUT2D eigenvalue weighted by molar-refractivity contribution is 0.0924. The second-order valence-corrected chi connectivity index (χ2v) is 3.93. The lowest BCUT2D eigenvalue weighted by atomic mass is 10.3. The number of nitrogen functional groups attached to an aromatic ring is 1. The van der Waals surface area contributed by atoms with Crippen molar-refractivity contribution >= 4 is 11.6 Å².